The topological polar surface area (TPSA) is 26.3 Å². The molecule has 92 valence electrons. The molecule has 0 aliphatic carbocycles. The quantitative estimate of drug-likeness (QED) is 0.479. The highest BCUT2D eigenvalue weighted by Crippen LogP contribution is 2.18. The van der Waals surface area contributed by atoms with E-state index in [0.717, 1.165) is 10.9 Å². The summed E-state index contributed by atoms with van der Waals surface area (Å²) in [4.78, 5) is 11.4. The number of esters is 1. The lowest BCUT2D eigenvalue weighted by Gasteiger charge is -2.03. The first-order valence-corrected chi connectivity index (χ1v) is 6.11. The molecule has 0 heterocycles. The number of halogens is 1. The van der Waals surface area contributed by atoms with Crippen LogP contribution in [0.4, 0.5) is 0 Å². The van der Waals surface area contributed by atoms with Crippen molar-refractivity contribution in [2.24, 2.45) is 0 Å². The van der Waals surface area contributed by atoms with Gasteiger partial charge in [-0.05, 0) is 28.5 Å². The van der Waals surface area contributed by atoms with Crippen molar-refractivity contribution in [3.05, 3.63) is 53.6 Å². The Balaban J connectivity index is 2.41. The third-order valence-corrected chi connectivity index (χ3v) is 2.99. The number of carbonyl (C=O) groups is 1. The van der Waals surface area contributed by atoms with Gasteiger partial charge in [-0.15, -0.1) is 11.6 Å². The molecule has 2 aromatic rings. The van der Waals surface area contributed by atoms with E-state index in [2.05, 4.69) is 4.74 Å². The van der Waals surface area contributed by atoms with E-state index in [1.165, 1.54) is 12.5 Å². The van der Waals surface area contributed by atoms with E-state index in [9.17, 15) is 4.79 Å². The molecule has 0 N–H and O–H groups in total. The van der Waals surface area contributed by atoms with Gasteiger partial charge in [0.25, 0.3) is 0 Å². The van der Waals surface area contributed by atoms with Crippen molar-refractivity contribution in [2.75, 3.05) is 13.0 Å². The zero-order chi connectivity index (χ0) is 13.0. The second-order valence-electron chi connectivity index (χ2n) is 3.90. The molecule has 0 spiro atoms. The maximum atomic E-state index is 11.4. The van der Waals surface area contributed by atoms with Gasteiger partial charge in [0.2, 0.25) is 0 Å². The van der Waals surface area contributed by atoms with Gasteiger partial charge in [-0.1, -0.05) is 36.4 Å². The standard InChI is InChI=1S/C15H13ClO2/c1-18-15(17)14(10-16)9-11-6-7-12-4-2-3-5-13(12)8-11/h2-9H,10H2,1H3/b14-9+. The number of hydrogen-bond acceptors (Lipinski definition) is 2. The van der Waals surface area contributed by atoms with Gasteiger partial charge in [0.15, 0.2) is 0 Å². The van der Waals surface area contributed by atoms with E-state index in [0.29, 0.717) is 5.57 Å². The lowest BCUT2D eigenvalue weighted by Crippen LogP contribution is -2.05. The molecule has 0 atom stereocenters. The predicted molar refractivity (Wildman–Crippen MR) is 74.7 cm³/mol. The van der Waals surface area contributed by atoms with Crippen LogP contribution in [0.5, 0.6) is 0 Å². The normalized spacial score (nSPS) is 11.6. The largest absolute Gasteiger partial charge is 0.466 e. The first-order chi connectivity index (χ1) is 8.74. The van der Waals surface area contributed by atoms with Gasteiger partial charge in [-0.2, -0.15) is 0 Å². The van der Waals surface area contributed by atoms with E-state index < -0.39 is 5.97 Å². The first kappa shape index (κ1) is 12.7. The molecule has 2 aromatic carbocycles. The number of hydrogen-bond donors (Lipinski definition) is 0. The number of rotatable bonds is 3. The zero-order valence-electron chi connectivity index (χ0n) is 10.0. The Morgan fingerprint density at radius 1 is 1.22 bits per heavy atom. The maximum Gasteiger partial charge on any atom is 0.334 e. The summed E-state index contributed by atoms with van der Waals surface area (Å²) < 4.78 is 4.67. The highest BCUT2D eigenvalue weighted by atomic mass is 35.5. The van der Waals surface area contributed by atoms with Gasteiger partial charge in [0.1, 0.15) is 0 Å². The molecule has 3 heteroatoms. The summed E-state index contributed by atoms with van der Waals surface area (Å²) in [6.45, 7) is 0. The highest BCUT2D eigenvalue weighted by molar-refractivity contribution is 6.23. The molecule has 18 heavy (non-hydrogen) atoms. The van der Waals surface area contributed by atoms with E-state index in [1.54, 1.807) is 6.08 Å². The summed E-state index contributed by atoms with van der Waals surface area (Å²) >= 11 is 5.74. The summed E-state index contributed by atoms with van der Waals surface area (Å²) in [5, 5.41) is 2.30. The predicted octanol–water partition coefficient (Wildman–Crippen LogP) is 3.64. The molecule has 2 rings (SSSR count). The summed E-state index contributed by atoms with van der Waals surface area (Å²) in [6.07, 6.45) is 1.76. The molecule has 0 bridgehead atoms. The number of carbonyl (C=O) groups excluding carboxylic acids is 1. The van der Waals surface area contributed by atoms with Gasteiger partial charge in [0, 0.05) is 0 Å². The number of ether oxygens (including phenoxy) is 1. The van der Waals surface area contributed by atoms with Gasteiger partial charge in [-0.25, -0.2) is 4.79 Å². The Labute approximate surface area is 111 Å². The molecule has 0 amide bonds. The van der Waals surface area contributed by atoms with Gasteiger partial charge >= 0.3 is 5.97 Å². The average molecular weight is 261 g/mol. The van der Waals surface area contributed by atoms with Crippen molar-refractivity contribution in [3.63, 3.8) is 0 Å². The van der Waals surface area contributed by atoms with E-state index in [4.69, 9.17) is 11.6 Å². The Morgan fingerprint density at radius 2 is 1.94 bits per heavy atom. The minimum Gasteiger partial charge on any atom is -0.466 e. The van der Waals surface area contributed by atoms with Crippen molar-refractivity contribution in [1.29, 1.82) is 0 Å². The Bertz CT molecular complexity index is 602. The SMILES string of the molecule is COC(=O)/C(=C/c1ccc2ccccc2c1)CCl. The molecular formula is C15H13ClO2. The molecule has 0 aromatic heterocycles. The maximum absolute atomic E-state index is 11.4. The molecule has 0 unspecified atom stereocenters. The van der Waals surface area contributed by atoms with Crippen LogP contribution in [0.2, 0.25) is 0 Å². The van der Waals surface area contributed by atoms with Crippen LogP contribution < -0.4 is 0 Å². The number of benzene rings is 2. The molecule has 0 fully saturated rings. The highest BCUT2D eigenvalue weighted by Gasteiger charge is 2.07. The van der Waals surface area contributed by atoms with E-state index in [-0.39, 0.29) is 5.88 Å². The second-order valence-corrected chi connectivity index (χ2v) is 4.17. The van der Waals surface area contributed by atoms with Crippen LogP contribution in [0, 0.1) is 0 Å². The summed E-state index contributed by atoms with van der Waals surface area (Å²) in [7, 11) is 1.35. The molecule has 0 saturated heterocycles. The summed E-state index contributed by atoms with van der Waals surface area (Å²) in [6, 6.07) is 14.1. The van der Waals surface area contributed by atoms with Crippen molar-refractivity contribution < 1.29 is 9.53 Å². The lowest BCUT2D eigenvalue weighted by molar-refractivity contribution is -0.135. The van der Waals surface area contributed by atoms with Gasteiger partial charge < -0.3 is 4.74 Å². The van der Waals surface area contributed by atoms with Crippen molar-refractivity contribution in [1.82, 2.24) is 0 Å². The zero-order valence-corrected chi connectivity index (χ0v) is 10.8. The minimum absolute atomic E-state index is 0.138. The fraction of sp³-hybridized carbons (Fsp3) is 0.133. The summed E-state index contributed by atoms with van der Waals surface area (Å²) in [5.74, 6) is -0.252. The number of alkyl halides is 1. The first-order valence-electron chi connectivity index (χ1n) is 5.58. The van der Waals surface area contributed by atoms with Crippen molar-refractivity contribution in [3.8, 4) is 0 Å². The smallest absolute Gasteiger partial charge is 0.334 e. The van der Waals surface area contributed by atoms with Crippen LogP contribution in [0.25, 0.3) is 16.8 Å². The van der Waals surface area contributed by atoms with Crippen molar-refractivity contribution in [2.45, 2.75) is 0 Å². The molecule has 2 nitrogen and oxygen atoms in total. The average Bonchev–Trinajstić information content (AvgIpc) is 2.43. The Kier molecular flexibility index (Phi) is 4.00. The third kappa shape index (κ3) is 2.71. The number of fused-ring (bicyclic) bond motifs is 1. The lowest BCUT2D eigenvalue weighted by atomic mass is 10.1. The van der Waals surface area contributed by atoms with Crippen molar-refractivity contribution >= 4 is 34.4 Å². The number of methoxy groups -OCH3 is 1. The van der Waals surface area contributed by atoms with Crippen LogP contribution in [-0.2, 0) is 9.53 Å². The fourth-order valence-corrected chi connectivity index (χ4v) is 1.97. The molecular weight excluding hydrogens is 248 g/mol. The van der Waals surface area contributed by atoms with Crippen LogP contribution in [0.1, 0.15) is 5.56 Å². The fourth-order valence-electron chi connectivity index (χ4n) is 1.78. The summed E-state index contributed by atoms with van der Waals surface area (Å²) in [5.41, 5.74) is 1.39. The minimum atomic E-state index is -0.391. The molecule has 0 saturated carbocycles. The monoisotopic (exact) mass is 260 g/mol. The van der Waals surface area contributed by atoms with Gasteiger partial charge in [-0.3, -0.25) is 0 Å². The van der Waals surface area contributed by atoms with Crippen LogP contribution in [0.3, 0.4) is 0 Å². The Morgan fingerprint density at radius 3 is 2.61 bits per heavy atom. The van der Waals surface area contributed by atoms with Crippen LogP contribution in [-0.4, -0.2) is 19.0 Å². The molecule has 0 aliphatic heterocycles. The second kappa shape index (κ2) is 5.69. The van der Waals surface area contributed by atoms with E-state index in [1.807, 2.05) is 42.5 Å². The Hall–Kier alpha value is -1.80. The molecule has 0 aliphatic rings. The third-order valence-electron chi connectivity index (χ3n) is 2.71. The van der Waals surface area contributed by atoms with E-state index >= 15 is 0 Å². The van der Waals surface area contributed by atoms with Crippen LogP contribution in [0.15, 0.2) is 48.0 Å². The van der Waals surface area contributed by atoms with Gasteiger partial charge in [0.05, 0.1) is 18.6 Å². The molecule has 0 radical (unpaired) electrons. The van der Waals surface area contributed by atoms with Crippen LogP contribution >= 0.6 is 11.6 Å².